The van der Waals surface area contributed by atoms with E-state index in [4.69, 9.17) is 16.3 Å². The average molecular weight is 520 g/mol. The molecule has 2 heterocycles. The smallest absolute Gasteiger partial charge is 0.318 e. The topological polar surface area (TPSA) is 61.9 Å². The third kappa shape index (κ3) is 7.37. The molecule has 1 aliphatic rings. The van der Waals surface area contributed by atoms with E-state index >= 15 is 0 Å². The number of benzene rings is 1. The molecule has 2 aromatic rings. The summed E-state index contributed by atoms with van der Waals surface area (Å²) in [4.78, 5) is 31.5. The lowest BCUT2D eigenvalue weighted by atomic mass is 10.00. The van der Waals surface area contributed by atoms with E-state index in [9.17, 15) is 9.59 Å². The number of hydrogen-bond donors (Lipinski definition) is 1. The Hall–Kier alpha value is -2.25. The van der Waals surface area contributed by atoms with E-state index in [0.717, 1.165) is 29.7 Å². The average Bonchev–Trinajstić information content (AvgIpc) is 3.27. The molecule has 0 spiro atoms. The van der Waals surface area contributed by atoms with Crippen molar-refractivity contribution in [2.45, 2.75) is 66.0 Å². The highest BCUT2D eigenvalue weighted by atomic mass is 35.5. The molecular weight excluding hydrogens is 482 g/mol. The number of nitrogens with zero attached hydrogens (tertiary/aromatic N) is 2. The van der Waals surface area contributed by atoms with E-state index in [1.807, 2.05) is 50.8 Å². The predicted molar refractivity (Wildman–Crippen MR) is 143 cm³/mol. The lowest BCUT2D eigenvalue weighted by Gasteiger charge is -2.38. The Balaban J connectivity index is 1.78. The van der Waals surface area contributed by atoms with Gasteiger partial charge in [0.05, 0.1) is 6.04 Å². The van der Waals surface area contributed by atoms with Gasteiger partial charge in [-0.15, -0.1) is 11.3 Å². The van der Waals surface area contributed by atoms with Gasteiger partial charge in [-0.05, 0) is 80.8 Å². The first kappa shape index (κ1) is 27.3. The zero-order chi connectivity index (χ0) is 25.8. The van der Waals surface area contributed by atoms with Gasteiger partial charge in [0.25, 0.3) is 0 Å². The van der Waals surface area contributed by atoms with Crippen LogP contribution in [0.4, 0.5) is 4.79 Å². The molecule has 0 fully saturated rings. The number of nitrogens with one attached hydrogen (secondary N) is 1. The standard InChI is InChI=1S/C27H38ClN3O3S/c1-7-18(2)15-30(26(33)29-27(4,5)6)16-25(32)31-12-10-24-21(11-13-35-24)23(31)17-34-20-8-9-22(28)19(3)14-20/h8-9,11,13-14,18,23H,7,10,12,15-17H2,1-6H3,(H,29,33)/t18-,23+/m1/s1. The van der Waals surface area contributed by atoms with E-state index in [2.05, 4.69) is 30.6 Å². The van der Waals surface area contributed by atoms with Gasteiger partial charge in [0.1, 0.15) is 18.9 Å². The summed E-state index contributed by atoms with van der Waals surface area (Å²) in [5, 5.41) is 5.79. The molecule has 1 aliphatic heterocycles. The maximum absolute atomic E-state index is 13.6. The van der Waals surface area contributed by atoms with E-state index in [0.29, 0.717) is 30.6 Å². The summed E-state index contributed by atoms with van der Waals surface area (Å²) >= 11 is 7.88. The van der Waals surface area contributed by atoms with E-state index in [1.165, 1.54) is 4.88 Å². The van der Waals surface area contributed by atoms with Crippen LogP contribution in [0.1, 0.15) is 63.1 Å². The summed E-state index contributed by atoms with van der Waals surface area (Å²) in [6, 6.07) is 7.27. The molecule has 0 saturated carbocycles. The molecular formula is C27H38ClN3O3S. The van der Waals surface area contributed by atoms with Crippen molar-refractivity contribution in [2.24, 2.45) is 5.92 Å². The monoisotopic (exact) mass is 519 g/mol. The Morgan fingerprint density at radius 3 is 2.71 bits per heavy atom. The molecule has 0 radical (unpaired) electrons. The second kappa shape index (κ2) is 11.7. The minimum Gasteiger partial charge on any atom is -0.491 e. The highest BCUT2D eigenvalue weighted by Gasteiger charge is 2.34. The molecule has 0 unspecified atom stereocenters. The fraction of sp³-hybridized carbons (Fsp3) is 0.556. The molecule has 3 amide bonds. The number of carbonyl (C=O) groups is 2. The van der Waals surface area contributed by atoms with Gasteiger partial charge in [0, 0.05) is 28.5 Å². The largest absolute Gasteiger partial charge is 0.491 e. The van der Waals surface area contributed by atoms with Crippen LogP contribution in [0.5, 0.6) is 5.75 Å². The highest BCUT2D eigenvalue weighted by Crippen LogP contribution is 2.34. The molecule has 35 heavy (non-hydrogen) atoms. The SMILES string of the molecule is CC[C@@H](C)CN(CC(=O)N1CCc2sccc2[C@@H]1COc1ccc(Cl)c(C)c1)C(=O)NC(C)(C)C. The van der Waals surface area contributed by atoms with Crippen LogP contribution < -0.4 is 10.1 Å². The van der Waals surface area contributed by atoms with Gasteiger partial charge in [-0.1, -0.05) is 31.9 Å². The van der Waals surface area contributed by atoms with Crippen molar-refractivity contribution in [1.29, 1.82) is 0 Å². The number of halogens is 1. The summed E-state index contributed by atoms with van der Waals surface area (Å²) < 4.78 is 6.15. The molecule has 0 aliphatic carbocycles. The fourth-order valence-corrected chi connectivity index (χ4v) is 5.18. The van der Waals surface area contributed by atoms with Gasteiger partial charge in [-0.25, -0.2) is 4.79 Å². The number of ether oxygens (including phenoxy) is 1. The van der Waals surface area contributed by atoms with Crippen LogP contribution >= 0.6 is 22.9 Å². The second-order valence-corrected chi connectivity index (χ2v) is 11.9. The van der Waals surface area contributed by atoms with Crippen molar-refractivity contribution in [3.8, 4) is 5.75 Å². The lowest BCUT2D eigenvalue weighted by molar-refractivity contribution is -0.135. The Morgan fingerprint density at radius 1 is 1.31 bits per heavy atom. The number of amides is 3. The van der Waals surface area contributed by atoms with Crippen molar-refractivity contribution < 1.29 is 14.3 Å². The van der Waals surface area contributed by atoms with Crippen molar-refractivity contribution in [3.05, 3.63) is 50.7 Å². The fourth-order valence-electron chi connectivity index (χ4n) is 4.14. The van der Waals surface area contributed by atoms with Crippen LogP contribution in [0, 0.1) is 12.8 Å². The van der Waals surface area contributed by atoms with Crippen molar-refractivity contribution in [3.63, 3.8) is 0 Å². The molecule has 0 saturated heterocycles. The van der Waals surface area contributed by atoms with Crippen LogP contribution in [-0.4, -0.2) is 53.5 Å². The van der Waals surface area contributed by atoms with Crippen molar-refractivity contribution in [2.75, 3.05) is 26.2 Å². The number of thiophene rings is 1. The number of aryl methyl sites for hydroxylation is 1. The normalized spacial score (nSPS) is 16.4. The summed E-state index contributed by atoms with van der Waals surface area (Å²) in [6.45, 7) is 13.5. The first-order valence-electron chi connectivity index (χ1n) is 12.3. The molecule has 8 heteroatoms. The maximum atomic E-state index is 13.6. The zero-order valence-electron chi connectivity index (χ0n) is 21.7. The number of fused-ring (bicyclic) bond motifs is 1. The molecule has 0 bridgehead atoms. The van der Waals surface area contributed by atoms with Crippen LogP contribution in [0.2, 0.25) is 5.02 Å². The Bertz CT molecular complexity index is 1030. The maximum Gasteiger partial charge on any atom is 0.318 e. The molecule has 1 aromatic heterocycles. The molecule has 6 nitrogen and oxygen atoms in total. The Labute approximate surface area is 218 Å². The highest BCUT2D eigenvalue weighted by molar-refractivity contribution is 7.10. The first-order valence-corrected chi connectivity index (χ1v) is 13.6. The lowest BCUT2D eigenvalue weighted by Crippen LogP contribution is -2.53. The van der Waals surface area contributed by atoms with Gasteiger partial charge in [0.2, 0.25) is 5.91 Å². The number of hydrogen-bond acceptors (Lipinski definition) is 4. The third-order valence-corrected chi connectivity index (χ3v) is 7.70. The van der Waals surface area contributed by atoms with Gasteiger partial charge < -0.3 is 19.9 Å². The van der Waals surface area contributed by atoms with Crippen LogP contribution in [0.3, 0.4) is 0 Å². The van der Waals surface area contributed by atoms with Gasteiger partial charge in [-0.3, -0.25) is 4.79 Å². The summed E-state index contributed by atoms with van der Waals surface area (Å²) in [5.74, 6) is 0.963. The van der Waals surface area contributed by atoms with E-state index < -0.39 is 0 Å². The number of carbonyl (C=O) groups excluding carboxylic acids is 2. The van der Waals surface area contributed by atoms with E-state index in [-0.39, 0.29) is 30.1 Å². The Morgan fingerprint density at radius 2 is 2.06 bits per heavy atom. The van der Waals surface area contributed by atoms with Crippen LogP contribution in [0.15, 0.2) is 29.6 Å². The first-order chi connectivity index (χ1) is 16.5. The number of rotatable bonds is 8. The predicted octanol–water partition coefficient (Wildman–Crippen LogP) is 6.07. The summed E-state index contributed by atoms with van der Waals surface area (Å²) in [7, 11) is 0. The minimum atomic E-state index is -0.377. The van der Waals surface area contributed by atoms with Gasteiger partial charge >= 0.3 is 6.03 Å². The van der Waals surface area contributed by atoms with E-state index in [1.54, 1.807) is 16.2 Å². The summed E-state index contributed by atoms with van der Waals surface area (Å²) in [5.41, 5.74) is 1.70. The van der Waals surface area contributed by atoms with Crippen molar-refractivity contribution >= 4 is 34.9 Å². The molecule has 192 valence electrons. The van der Waals surface area contributed by atoms with Gasteiger partial charge in [0.15, 0.2) is 0 Å². The Kier molecular flexibility index (Phi) is 9.11. The van der Waals surface area contributed by atoms with Crippen LogP contribution in [0.25, 0.3) is 0 Å². The molecule has 1 aromatic carbocycles. The quantitative estimate of drug-likeness (QED) is 0.460. The van der Waals surface area contributed by atoms with Crippen LogP contribution in [-0.2, 0) is 11.2 Å². The molecule has 3 rings (SSSR count). The molecule has 2 atom stereocenters. The third-order valence-electron chi connectivity index (χ3n) is 6.28. The second-order valence-electron chi connectivity index (χ2n) is 10.4. The molecule has 1 N–H and O–H groups in total. The van der Waals surface area contributed by atoms with Crippen molar-refractivity contribution in [1.82, 2.24) is 15.1 Å². The summed E-state index contributed by atoms with van der Waals surface area (Å²) in [6.07, 6.45) is 1.75. The van der Waals surface area contributed by atoms with Gasteiger partial charge in [-0.2, -0.15) is 0 Å². The number of urea groups is 1. The minimum absolute atomic E-state index is 0.0439. The zero-order valence-corrected chi connectivity index (χ0v) is 23.3.